The van der Waals surface area contributed by atoms with Gasteiger partial charge < -0.3 is 10.4 Å². The minimum Gasteiger partial charge on any atom is -0.394 e. The van der Waals surface area contributed by atoms with Crippen LogP contribution in [0.15, 0.2) is 12.1 Å². The first-order valence-corrected chi connectivity index (χ1v) is 5.80. The minimum absolute atomic E-state index is 0.00280. The average Bonchev–Trinajstić information content (AvgIpc) is 2.29. The highest BCUT2D eigenvalue weighted by Crippen LogP contribution is 2.20. The van der Waals surface area contributed by atoms with E-state index < -0.39 is 23.6 Å². The molecule has 1 aromatic rings. The first-order valence-electron chi connectivity index (χ1n) is 5.43. The third-order valence-corrected chi connectivity index (χ3v) is 2.89. The van der Waals surface area contributed by atoms with Gasteiger partial charge in [-0.2, -0.15) is 0 Å². The van der Waals surface area contributed by atoms with Gasteiger partial charge in [0.1, 0.15) is 0 Å². The van der Waals surface area contributed by atoms with E-state index in [1.165, 1.54) is 0 Å². The Morgan fingerprint density at radius 2 is 1.94 bits per heavy atom. The van der Waals surface area contributed by atoms with Crippen molar-refractivity contribution in [3.63, 3.8) is 0 Å². The minimum atomic E-state index is -1.14. The summed E-state index contributed by atoms with van der Waals surface area (Å²) in [5, 5.41) is 11.4. The second-order valence-corrected chi connectivity index (χ2v) is 4.66. The van der Waals surface area contributed by atoms with Gasteiger partial charge in [0.25, 0.3) is 5.91 Å². The van der Waals surface area contributed by atoms with Crippen LogP contribution in [0.4, 0.5) is 8.78 Å². The van der Waals surface area contributed by atoms with E-state index in [-0.39, 0.29) is 23.1 Å². The van der Waals surface area contributed by atoms with E-state index in [0.29, 0.717) is 0 Å². The molecule has 1 rings (SSSR count). The van der Waals surface area contributed by atoms with Gasteiger partial charge >= 0.3 is 0 Å². The Labute approximate surface area is 109 Å². The number of rotatable bonds is 4. The number of aliphatic hydroxyl groups excluding tert-OH is 1. The lowest BCUT2D eigenvalue weighted by atomic mass is 10.0. The van der Waals surface area contributed by atoms with Gasteiger partial charge in [-0.15, -0.1) is 0 Å². The second kappa shape index (κ2) is 6.11. The summed E-state index contributed by atoms with van der Waals surface area (Å²) in [6.07, 6.45) is 0. The molecule has 1 atom stereocenters. The number of halogens is 3. The second-order valence-electron chi connectivity index (χ2n) is 4.25. The van der Waals surface area contributed by atoms with Crippen molar-refractivity contribution in [3.8, 4) is 0 Å². The number of carbonyl (C=O) groups excluding carboxylic acids is 1. The van der Waals surface area contributed by atoms with Gasteiger partial charge in [0.2, 0.25) is 0 Å². The predicted octanol–water partition coefficient (Wildman–Crippen LogP) is 2.36. The molecule has 0 unspecified atom stereocenters. The van der Waals surface area contributed by atoms with E-state index >= 15 is 0 Å². The van der Waals surface area contributed by atoms with E-state index in [4.69, 9.17) is 16.7 Å². The van der Waals surface area contributed by atoms with E-state index in [0.717, 1.165) is 12.1 Å². The number of nitrogens with one attached hydrogen (secondary N) is 1. The van der Waals surface area contributed by atoms with Crippen LogP contribution in [0.25, 0.3) is 0 Å². The molecule has 1 amide bonds. The summed E-state index contributed by atoms with van der Waals surface area (Å²) in [7, 11) is 0. The Balaban J connectivity index is 2.94. The number of hydrogen-bond donors (Lipinski definition) is 2. The zero-order chi connectivity index (χ0) is 13.9. The number of benzene rings is 1. The van der Waals surface area contributed by atoms with Crippen LogP contribution in [0.5, 0.6) is 0 Å². The highest BCUT2D eigenvalue weighted by atomic mass is 35.5. The zero-order valence-corrected chi connectivity index (χ0v) is 10.8. The van der Waals surface area contributed by atoms with Gasteiger partial charge in [-0.3, -0.25) is 4.79 Å². The van der Waals surface area contributed by atoms with Crippen molar-refractivity contribution in [1.82, 2.24) is 5.32 Å². The summed E-state index contributed by atoms with van der Waals surface area (Å²) in [5.41, 5.74) is -0.158. The molecule has 100 valence electrons. The maximum absolute atomic E-state index is 13.0. The maximum Gasteiger partial charge on any atom is 0.253 e. The molecule has 0 aliphatic heterocycles. The highest BCUT2D eigenvalue weighted by Gasteiger charge is 2.19. The van der Waals surface area contributed by atoms with Gasteiger partial charge in [-0.05, 0) is 18.1 Å². The Bertz CT molecular complexity index is 452. The molecule has 1 aromatic carbocycles. The standard InChI is InChI=1S/C12H14ClF2NO2/c1-6(2)11(5-17)16-12(18)7-3-9(14)10(15)4-8(7)13/h3-4,6,11,17H,5H2,1-2H3,(H,16,18)/t11-/m1/s1. The molecular weight excluding hydrogens is 264 g/mol. The van der Waals surface area contributed by atoms with Crippen molar-refractivity contribution in [2.45, 2.75) is 19.9 Å². The summed E-state index contributed by atoms with van der Waals surface area (Å²) in [6.45, 7) is 3.38. The molecule has 0 radical (unpaired) electrons. The van der Waals surface area contributed by atoms with Crippen molar-refractivity contribution < 1.29 is 18.7 Å². The fourth-order valence-corrected chi connectivity index (χ4v) is 1.60. The molecule has 18 heavy (non-hydrogen) atoms. The number of amides is 1. The Morgan fingerprint density at radius 3 is 2.44 bits per heavy atom. The van der Waals surface area contributed by atoms with Gasteiger partial charge in [-0.1, -0.05) is 25.4 Å². The van der Waals surface area contributed by atoms with Crippen LogP contribution in [-0.2, 0) is 0 Å². The number of aliphatic hydroxyl groups is 1. The molecule has 6 heteroatoms. The van der Waals surface area contributed by atoms with Crippen LogP contribution in [-0.4, -0.2) is 23.7 Å². The molecule has 0 fully saturated rings. The van der Waals surface area contributed by atoms with Crippen molar-refractivity contribution >= 4 is 17.5 Å². The first-order chi connectivity index (χ1) is 8.36. The zero-order valence-electron chi connectivity index (χ0n) is 10.0. The largest absolute Gasteiger partial charge is 0.394 e. The SMILES string of the molecule is CC(C)[C@@H](CO)NC(=O)c1cc(F)c(F)cc1Cl. The molecule has 3 nitrogen and oxygen atoms in total. The van der Waals surface area contributed by atoms with E-state index in [9.17, 15) is 13.6 Å². The van der Waals surface area contributed by atoms with Crippen molar-refractivity contribution in [1.29, 1.82) is 0 Å². The summed E-state index contributed by atoms with van der Waals surface area (Å²) < 4.78 is 25.9. The van der Waals surface area contributed by atoms with Crippen LogP contribution >= 0.6 is 11.6 Å². The van der Waals surface area contributed by atoms with Crippen molar-refractivity contribution in [3.05, 3.63) is 34.4 Å². The highest BCUT2D eigenvalue weighted by molar-refractivity contribution is 6.33. The fraction of sp³-hybridized carbons (Fsp3) is 0.417. The number of carbonyl (C=O) groups is 1. The van der Waals surface area contributed by atoms with E-state index in [2.05, 4.69) is 5.32 Å². The molecular formula is C12H14ClF2NO2. The van der Waals surface area contributed by atoms with Gasteiger partial charge in [0.05, 0.1) is 23.2 Å². The average molecular weight is 278 g/mol. The smallest absolute Gasteiger partial charge is 0.253 e. The monoisotopic (exact) mass is 277 g/mol. The van der Waals surface area contributed by atoms with E-state index in [1.54, 1.807) is 0 Å². The lowest BCUT2D eigenvalue weighted by molar-refractivity contribution is 0.0896. The Morgan fingerprint density at radius 1 is 1.39 bits per heavy atom. The molecule has 0 heterocycles. The molecule has 0 aliphatic rings. The van der Waals surface area contributed by atoms with Crippen molar-refractivity contribution in [2.75, 3.05) is 6.61 Å². The molecule has 0 aliphatic carbocycles. The molecule has 0 saturated heterocycles. The Hall–Kier alpha value is -1.20. The molecule has 0 aromatic heterocycles. The molecule has 0 bridgehead atoms. The van der Waals surface area contributed by atoms with Crippen molar-refractivity contribution in [2.24, 2.45) is 5.92 Å². The predicted molar refractivity (Wildman–Crippen MR) is 64.5 cm³/mol. The van der Waals surface area contributed by atoms with Crippen LogP contribution in [0, 0.1) is 17.6 Å². The summed E-state index contributed by atoms with van der Waals surface area (Å²) in [5.74, 6) is -2.90. The van der Waals surface area contributed by atoms with E-state index in [1.807, 2.05) is 13.8 Å². The fourth-order valence-electron chi connectivity index (χ4n) is 1.37. The molecule has 2 N–H and O–H groups in total. The number of hydrogen-bond acceptors (Lipinski definition) is 2. The topological polar surface area (TPSA) is 49.3 Å². The molecule has 0 saturated carbocycles. The van der Waals surface area contributed by atoms with Crippen LogP contribution in [0.3, 0.4) is 0 Å². The summed E-state index contributed by atoms with van der Waals surface area (Å²) >= 11 is 5.67. The van der Waals surface area contributed by atoms with Crippen LogP contribution in [0.2, 0.25) is 5.02 Å². The lowest BCUT2D eigenvalue weighted by Gasteiger charge is -2.20. The van der Waals surface area contributed by atoms with Gasteiger partial charge in [0.15, 0.2) is 11.6 Å². The first kappa shape index (κ1) is 14.9. The van der Waals surface area contributed by atoms with Gasteiger partial charge in [-0.25, -0.2) is 8.78 Å². The maximum atomic E-state index is 13.0. The summed E-state index contributed by atoms with van der Waals surface area (Å²) in [6, 6.07) is 1.01. The Kier molecular flexibility index (Phi) is 5.04. The van der Waals surface area contributed by atoms with Crippen LogP contribution < -0.4 is 5.32 Å². The molecule has 0 spiro atoms. The summed E-state index contributed by atoms with van der Waals surface area (Å²) in [4.78, 5) is 11.8. The third-order valence-electron chi connectivity index (χ3n) is 2.57. The quantitative estimate of drug-likeness (QED) is 0.830. The normalized spacial score (nSPS) is 12.6. The third kappa shape index (κ3) is 3.40. The van der Waals surface area contributed by atoms with Crippen LogP contribution in [0.1, 0.15) is 24.2 Å². The van der Waals surface area contributed by atoms with Gasteiger partial charge in [0, 0.05) is 0 Å². The lowest BCUT2D eigenvalue weighted by Crippen LogP contribution is -2.41.